The first-order valence-corrected chi connectivity index (χ1v) is 6.20. The number of benzene rings is 1. The molecule has 0 amide bonds. The molecule has 2 unspecified atom stereocenters. The number of halogens is 2. The molecule has 90 valence electrons. The first-order chi connectivity index (χ1) is 7.50. The number of hydrogen-bond acceptors (Lipinski definition) is 2. The van der Waals surface area contributed by atoms with Crippen LogP contribution in [0.2, 0.25) is 10.0 Å². The fraction of sp³-hybridized carbons (Fsp3) is 0.500. The van der Waals surface area contributed by atoms with Gasteiger partial charge in [-0.15, -0.1) is 0 Å². The SMILES string of the molecule is CC(N)CCNC(C)c1ccc(Cl)c(Cl)c1. The molecule has 2 atom stereocenters. The predicted octanol–water partition coefficient (Wildman–Crippen LogP) is 3.38. The molecule has 0 fully saturated rings. The van der Waals surface area contributed by atoms with Gasteiger partial charge >= 0.3 is 0 Å². The van der Waals surface area contributed by atoms with Gasteiger partial charge < -0.3 is 11.1 Å². The highest BCUT2D eigenvalue weighted by molar-refractivity contribution is 6.42. The van der Waals surface area contributed by atoms with Crippen LogP contribution in [0.4, 0.5) is 0 Å². The lowest BCUT2D eigenvalue weighted by Crippen LogP contribution is -2.26. The third-order valence-corrected chi connectivity index (χ3v) is 3.23. The lowest BCUT2D eigenvalue weighted by Gasteiger charge is -2.15. The topological polar surface area (TPSA) is 38.0 Å². The van der Waals surface area contributed by atoms with Gasteiger partial charge in [0.15, 0.2) is 0 Å². The molecule has 0 aliphatic heterocycles. The van der Waals surface area contributed by atoms with Gasteiger partial charge in [-0.25, -0.2) is 0 Å². The van der Waals surface area contributed by atoms with Gasteiger partial charge in [-0.2, -0.15) is 0 Å². The predicted molar refractivity (Wildman–Crippen MR) is 71.1 cm³/mol. The Kier molecular flexibility index (Phi) is 5.56. The zero-order chi connectivity index (χ0) is 12.1. The molecule has 0 aliphatic carbocycles. The first-order valence-electron chi connectivity index (χ1n) is 5.44. The average molecular weight is 261 g/mol. The van der Waals surface area contributed by atoms with Gasteiger partial charge in [-0.05, 0) is 44.5 Å². The van der Waals surface area contributed by atoms with Crippen LogP contribution in [0, 0.1) is 0 Å². The number of nitrogens with two attached hydrogens (primary N) is 1. The average Bonchev–Trinajstić information content (AvgIpc) is 2.21. The van der Waals surface area contributed by atoms with Gasteiger partial charge in [-0.1, -0.05) is 29.3 Å². The quantitative estimate of drug-likeness (QED) is 0.852. The Balaban J connectivity index is 2.52. The second-order valence-corrected chi connectivity index (χ2v) is 4.93. The Morgan fingerprint density at radius 3 is 2.50 bits per heavy atom. The highest BCUT2D eigenvalue weighted by Crippen LogP contribution is 2.25. The largest absolute Gasteiger partial charge is 0.328 e. The van der Waals surface area contributed by atoms with E-state index in [1.807, 2.05) is 25.1 Å². The lowest BCUT2D eigenvalue weighted by molar-refractivity contribution is 0.529. The van der Waals surface area contributed by atoms with Crippen LogP contribution in [0.15, 0.2) is 18.2 Å². The molecule has 3 N–H and O–H groups in total. The minimum Gasteiger partial charge on any atom is -0.328 e. The van der Waals surface area contributed by atoms with E-state index in [0.29, 0.717) is 10.0 Å². The van der Waals surface area contributed by atoms with Crippen LogP contribution < -0.4 is 11.1 Å². The van der Waals surface area contributed by atoms with Gasteiger partial charge in [0.2, 0.25) is 0 Å². The molecule has 1 rings (SSSR count). The molecule has 4 heteroatoms. The van der Waals surface area contributed by atoms with E-state index in [1.165, 1.54) is 0 Å². The lowest BCUT2D eigenvalue weighted by atomic mass is 10.1. The minimum atomic E-state index is 0.230. The standard InChI is InChI=1S/C12H18Cl2N2/c1-8(15)5-6-16-9(2)10-3-4-11(13)12(14)7-10/h3-4,7-9,16H,5-6,15H2,1-2H3. The van der Waals surface area contributed by atoms with Crippen LogP contribution in [-0.4, -0.2) is 12.6 Å². The van der Waals surface area contributed by atoms with E-state index in [4.69, 9.17) is 28.9 Å². The van der Waals surface area contributed by atoms with E-state index < -0.39 is 0 Å². The maximum Gasteiger partial charge on any atom is 0.0595 e. The summed E-state index contributed by atoms with van der Waals surface area (Å²) in [6.07, 6.45) is 0.964. The van der Waals surface area contributed by atoms with Crippen molar-refractivity contribution in [2.75, 3.05) is 6.54 Å². The zero-order valence-corrected chi connectivity index (χ0v) is 11.1. The fourth-order valence-corrected chi connectivity index (χ4v) is 1.73. The molecule has 0 radical (unpaired) electrons. The van der Waals surface area contributed by atoms with Crippen molar-refractivity contribution in [2.24, 2.45) is 5.73 Å². The highest BCUT2D eigenvalue weighted by Gasteiger charge is 2.07. The summed E-state index contributed by atoms with van der Waals surface area (Å²) in [4.78, 5) is 0. The van der Waals surface area contributed by atoms with E-state index in [-0.39, 0.29) is 12.1 Å². The van der Waals surface area contributed by atoms with E-state index in [1.54, 1.807) is 0 Å². The zero-order valence-electron chi connectivity index (χ0n) is 9.63. The van der Waals surface area contributed by atoms with E-state index >= 15 is 0 Å². The third kappa shape index (κ3) is 4.30. The molecular formula is C12H18Cl2N2. The Hall–Kier alpha value is -0.280. The molecule has 2 nitrogen and oxygen atoms in total. The number of rotatable bonds is 5. The molecule has 0 bridgehead atoms. The Labute approximate surface area is 107 Å². The third-order valence-electron chi connectivity index (χ3n) is 2.49. The summed E-state index contributed by atoms with van der Waals surface area (Å²) in [5.41, 5.74) is 6.82. The van der Waals surface area contributed by atoms with Crippen LogP contribution in [0.1, 0.15) is 31.9 Å². The van der Waals surface area contributed by atoms with Crippen LogP contribution in [0.25, 0.3) is 0 Å². The van der Waals surface area contributed by atoms with Gasteiger partial charge in [0.25, 0.3) is 0 Å². The van der Waals surface area contributed by atoms with Crippen LogP contribution in [0.5, 0.6) is 0 Å². The summed E-state index contributed by atoms with van der Waals surface area (Å²) in [6, 6.07) is 6.19. The minimum absolute atomic E-state index is 0.230. The maximum absolute atomic E-state index is 5.96. The molecule has 0 heterocycles. The fourth-order valence-electron chi connectivity index (χ4n) is 1.43. The van der Waals surface area contributed by atoms with Gasteiger partial charge in [-0.3, -0.25) is 0 Å². The monoisotopic (exact) mass is 260 g/mol. The van der Waals surface area contributed by atoms with E-state index in [2.05, 4.69) is 12.2 Å². The summed E-state index contributed by atoms with van der Waals surface area (Å²) in [5, 5.41) is 4.58. The summed E-state index contributed by atoms with van der Waals surface area (Å²) in [6.45, 7) is 5.01. The van der Waals surface area contributed by atoms with Gasteiger partial charge in [0, 0.05) is 12.1 Å². The maximum atomic E-state index is 5.96. The van der Waals surface area contributed by atoms with Crippen molar-refractivity contribution in [1.82, 2.24) is 5.32 Å². The van der Waals surface area contributed by atoms with Crippen molar-refractivity contribution in [2.45, 2.75) is 32.4 Å². The van der Waals surface area contributed by atoms with Crippen LogP contribution in [-0.2, 0) is 0 Å². The summed E-state index contributed by atoms with van der Waals surface area (Å²) in [7, 11) is 0. The Morgan fingerprint density at radius 1 is 1.25 bits per heavy atom. The summed E-state index contributed by atoms with van der Waals surface area (Å²) in [5.74, 6) is 0. The summed E-state index contributed by atoms with van der Waals surface area (Å²) < 4.78 is 0. The highest BCUT2D eigenvalue weighted by atomic mass is 35.5. The molecule has 0 aromatic heterocycles. The first kappa shape index (κ1) is 13.8. The second kappa shape index (κ2) is 6.45. The van der Waals surface area contributed by atoms with Crippen molar-refractivity contribution in [3.63, 3.8) is 0 Å². The number of nitrogens with one attached hydrogen (secondary N) is 1. The molecule has 1 aromatic rings. The molecule has 16 heavy (non-hydrogen) atoms. The van der Waals surface area contributed by atoms with Gasteiger partial charge in [0.1, 0.15) is 0 Å². The number of hydrogen-bond donors (Lipinski definition) is 2. The molecular weight excluding hydrogens is 243 g/mol. The van der Waals surface area contributed by atoms with Crippen LogP contribution in [0.3, 0.4) is 0 Å². The van der Waals surface area contributed by atoms with Crippen molar-refractivity contribution >= 4 is 23.2 Å². The van der Waals surface area contributed by atoms with E-state index in [0.717, 1.165) is 18.5 Å². The molecule has 0 saturated carbocycles. The normalized spacial score (nSPS) is 14.8. The molecule has 0 aliphatic rings. The van der Waals surface area contributed by atoms with Crippen molar-refractivity contribution in [3.8, 4) is 0 Å². The molecule has 0 spiro atoms. The van der Waals surface area contributed by atoms with Crippen molar-refractivity contribution in [1.29, 1.82) is 0 Å². The van der Waals surface area contributed by atoms with Crippen LogP contribution >= 0.6 is 23.2 Å². The second-order valence-electron chi connectivity index (χ2n) is 4.12. The van der Waals surface area contributed by atoms with Gasteiger partial charge in [0.05, 0.1) is 10.0 Å². The smallest absolute Gasteiger partial charge is 0.0595 e. The molecule has 0 saturated heterocycles. The van der Waals surface area contributed by atoms with E-state index in [9.17, 15) is 0 Å². The Morgan fingerprint density at radius 2 is 1.94 bits per heavy atom. The van der Waals surface area contributed by atoms with Crippen molar-refractivity contribution < 1.29 is 0 Å². The van der Waals surface area contributed by atoms with Crippen molar-refractivity contribution in [3.05, 3.63) is 33.8 Å². The molecule has 1 aromatic carbocycles. The Bertz CT molecular complexity index is 340. The summed E-state index contributed by atoms with van der Waals surface area (Å²) >= 11 is 11.8.